The summed E-state index contributed by atoms with van der Waals surface area (Å²) in [5, 5.41) is 7.50. The predicted molar refractivity (Wildman–Crippen MR) is 143 cm³/mol. The number of alkyl halides is 2. The molecule has 0 radical (unpaired) electrons. The maximum Gasteiger partial charge on any atom is 0.326 e. The minimum absolute atomic E-state index is 0.108. The molecule has 2 aliphatic rings. The van der Waals surface area contributed by atoms with Crippen LogP contribution in [0.25, 0.3) is 22.3 Å². The van der Waals surface area contributed by atoms with Crippen LogP contribution >= 0.6 is 18.5 Å². The molecule has 0 bridgehead atoms. The lowest BCUT2D eigenvalue weighted by Crippen LogP contribution is -2.36. The number of aromatic nitrogens is 9. The first-order chi connectivity index (χ1) is 19.6. The third-order valence-corrected chi connectivity index (χ3v) is 8.98. The topological polar surface area (TPSA) is 229 Å². The molecule has 2 aliphatic heterocycles. The lowest BCUT2D eigenvalue weighted by molar-refractivity contribution is -0.0472. The highest BCUT2D eigenvalue weighted by atomic mass is 32.5. The van der Waals surface area contributed by atoms with Crippen LogP contribution in [0.1, 0.15) is 12.5 Å². The summed E-state index contributed by atoms with van der Waals surface area (Å²) in [4.78, 5) is 41.5. The van der Waals surface area contributed by atoms with E-state index in [1.165, 1.54) is 17.2 Å². The number of fused-ring (bicyclic) bond motifs is 3. The number of halogens is 2. The smallest absolute Gasteiger partial charge is 0.326 e. The van der Waals surface area contributed by atoms with Crippen LogP contribution in [0.5, 0.6) is 0 Å². The van der Waals surface area contributed by atoms with E-state index in [4.69, 9.17) is 41.8 Å². The van der Waals surface area contributed by atoms with Crippen molar-refractivity contribution < 1.29 is 32.2 Å². The van der Waals surface area contributed by atoms with Gasteiger partial charge in [-0.2, -0.15) is 9.67 Å². The van der Waals surface area contributed by atoms with Crippen molar-refractivity contribution in [3.63, 3.8) is 0 Å². The predicted octanol–water partition coefficient (Wildman–Crippen LogP) is 0.177. The lowest BCUT2D eigenvalue weighted by Gasteiger charge is -2.29. The first kappa shape index (κ1) is 28.2. The third kappa shape index (κ3) is 5.05. The normalized spacial score (nSPS) is 33.1. The van der Waals surface area contributed by atoms with Crippen LogP contribution in [-0.2, 0) is 30.3 Å². The number of nitrogens with two attached hydrogens (primary N) is 2. The Morgan fingerprint density at radius 3 is 2.76 bits per heavy atom. The highest BCUT2D eigenvalue weighted by Crippen LogP contribution is 2.51. The summed E-state index contributed by atoms with van der Waals surface area (Å²) in [6.07, 6.45) is -3.76. The molecule has 0 aliphatic carbocycles. The Bertz CT molecular complexity index is 1710. The molecule has 0 amide bonds. The van der Waals surface area contributed by atoms with Crippen LogP contribution in [0.2, 0.25) is 0 Å². The van der Waals surface area contributed by atoms with Gasteiger partial charge in [-0.25, -0.2) is 23.7 Å². The van der Waals surface area contributed by atoms with E-state index in [-0.39, 0.29) is 40.7 Å². The molecule has 220 valence electrons. The Kier molecular flexibility index (Phi) is 7.39. The van der Waals surface area contributed by atoms with Gasteiger partial charge in [0.15, 0.2) is 47.4 Å². The van der Waals surface area contributed by atoms with E-state index in [0.717, 1.165) is 16.4 Å². The van der Waals surface area contributed by atoms with E-state index >= 15 is 8.78 Å². The van der Waals surface area contributed by atoms with Gasteiger partial charge >= 0.3 is 6.72 Å². The van der Waals surface area contributed by atoms with Gasteiger partial charge in [0.1, 0.15) is 17.3 Å². The fraction of sp³-hybridized carbons (Fsp3) is 0.526. The maximum absolute atomic E-state index is 16.1. The van der Waals surface area contributed by atoms with Crippen LogP contribution in [0, 0.1) is 5.92 Å². The average Bonchev–Trinajstić information content (AvgIpc) is 3.62. The zero-order valence-corrected chi connectivity index (χ0v) is 23.4. The van der Waals surface area contributed by atoms with Crippen molar-refractivity contribution in [3.8, 4) is 0 Å². The Labute approximate surface area is 237 Å². The summed E-state index contributed by atoms with van der Waals surface area (Å²) in [5.74, 6) is -1.17. The second kappa shape index (κ2) is 10.7. The number of nitrogens with one attached hydrogen (secondary N) is 1. The van der Waals surface area contributed by atoms with Crippen LogP contribution in [0.3, 0.4) is 0 Å². The van der Waals surface area contributed by atoms with Crippen LogP contribution in [0.15, 0.2) is 17.4 Å². The molecule has 6 rings (SSSR count). The van der Waals surface area contributed by atoms with Gasteiger partial charge in [-0.15, -0.1) is 16.9 Å². The molecule has 4 aromatic rings. The molecule has 22 heteroatoms. The van der Waals surface area contributed by atoms with Crippen LogP contribution in [-0.4, -0.2) is 92.7 Å². The van der Waals surface area contributed by atoms with Crippen LogP contribution < -0.4 is 17.0 Å². The number of hydrogen-bond acceptors (Lipinski definition) is 15. The third-order valence-electron chi connectivity index (χ3n) is 6.59. The van der Waals surface area contributed by atoms with Crippen molar-refractivity contribution in [1.29, 1.82) is 0 Å². The van der Waals surface area contributed by atoms with Crippen molar-refractivity contribution in [2.45, 2.75) is 36.3 Å². The van der Waals surface area contributed by atoms with Gasteiger partial charge in [0.2, 0.25) is 5.95 Å². The maximum atomic E-state index is 16.1. The van der Waals surface area contributed by atoms with Gasteiger partial charge in [0.05, 0.1) is 25.6 Å². The van der Waals surface area contributed by atoms with Gasteiger partial charge in [-0.05, 0) is 18.1 Å². The number of aromatic amines is 1. The van der Waals surface area contributed by atoms with Gasteiger partial charge < -0.3 is 30.4 Å². The molecule has 2 saturated heterocycles. The Morgan fingerprint density at radius 2 is 1.98 bits per heavy atom. The molecule has 41 heavy (non-hydrogen) atoms. The first-order valence-corrected chi connectivity index (χ1v) is 15.7. The summed E-state index contributed by atoms with van der Waals surface area (Å²) in [6, 6.07) is 0. The van der Waals surface area contributed by atoms with Gasteiger partial charge in [0, 0.05) is 5.92 Å². The minimum Gasteiger partial charge on any atom is -0.382 e. The molecule has 6 heterocycles. The molecule has 17 nitrogen and oxygen atoms in total. The van der Waals surface area contributed by atoms with Crippen molar-refractivity contribution in [2.75, 3.05) is 30.9 Å². The summed E-state index contributed by atoms with van der Waals surface area (Å²) in [6.45, 7) is -5.00. The van der Waals surface area contributed by atoms with Gasteiger partial charge in [0.25, 0.3) is 5.56 Å². The lowest BCUT2D eigenvalue weighted by atomic mass is 10.0. The minimum atomic E-state index is -4.26. The van der Waals surface area contributed by atoms with Crippen molar-refractivity contribution >= 4 is 64.4 Å². The van der Waals surface area contributed by atoms with E-state index in [0.29, 0.717) is 0 Å². The second-order valence-corrected chi connectivity index (χ2v) is 12.8. The van der Waals surface area contributed by atoms with E-state index in [2.05, 4.69) is 35.2 Å². The monoisotopic (exact) mass is 633 g/mol. The molecule has 3 unspecified atom stereocenters. The molecule has 0 aromatic carbocycles. The highest BCUT2D eigenvalue weighted by Gasteiger charge is 2.49. The Morgan fingerprint density at radius 1 is 1.17 bits per heavy atom. The molecule has 4 aromatic heterocycles. The zero-order chi connectivity index (χ0) is 29.1. The number of H-pyrrole nitrogens is 1. The number of nitrogen functional groups attached to an aromatic ring is 2. The van der Waals surface area contributed by atoms with Crippen LogP contribution in [0.4, 0.5) is 20.5 Å². The average molecular weight is 634 g/mol. The molecule has 6 N–H and O–H groups in total. The molecule has 8 atom stereocenters. The quantitative estimate of drug-likeness (QED) is 0.220. The SMILES string of the molecule is CSC1OCC2[C@@H](COP(O)(=S)O[C@@H](n3nnc4c(=O)[nH]c(N)nc43)[C@@H]1F)O[C@@H](n1cnc3c(N)ncnc31)[C@H]2F. The molecule has 0 saturated carbocycles. The molecular weight excluding hydrogens is 611 g/mol. The number of imidazole rings is 1. The van der Waals surface area contributed by atoms with E-state index < -0.39 is 61.1 Å². The first-order valence-electron chi connectivity index (χ1n) is 11.9. The van der Waals surface area contributed by atoms with E-state index in [1.807, 2.05) is 0 Å². The van der Waals surface area contributed by atoms with Crippen molar-refractivity contribution in [3.05, 3.63) is 23.0 Å². The summed E-state index contributed by atoms with van der Waals surface area (Å²) < 4.78 is 57.1. The standard InChI is InChI=1S/C19H22F2N11O6PS2/c1-41-18-9(21)17(32-14-11(29-30-32)15(33)28-19(23)27-14)38-39(34,40)36-3-7-6(2-35-18)8(20)16(37-7)31-5-26-10-12(22)24-4-25-13(10)31/h4-9,16-18H,2-3H2,1H3,(H,34,40)(H2,22,24,25)(H3,23,27,28,33)/t6?,7-,8+,9+,16-,17-,18?,39?/m1/s1. The largest absolute Gasteiger partial charge is 0.382 e. The number of hydrogen-bond donors (Lipinski definition) is 4. The summed E-state index contributed by atoms with van der Waals surface area (Å²) >= 11 is 6.10. The molecular formula is C19H22F2N11O6PS2. The highest BCUT2D eigenvalue weighted by molar-refractivity contribution is 8.07. The fourth-order valence-corrected chi connectivity index (χ4v) is 6.57. The van der Waals surface area contributed by atoms with E-state index in [1.54, 1.807) is 6.26 Å². The Hall–Kier alpha value is -2.91. The summed E-state index contributed by atoms with van der Waals surface area (Å²) in [5.41, 5.74) is 9.49. The van der Waals surface area contributed by atoms with Crippen molar-refractivity contribution in [1.82, 2.24) is 44.5 Å². The fourth-order valence-electron chi connectivity index (χ4n) is 4.64. The Balaban J connectivity index is 1.33. The number of ether oxygens (including phenoxy) is 2. The number of nitrogens with zero attached hydrogens (tertiary/aromatic N) is 8. The van der Waals surface area contributed by atoms with Gasteiger partial charge in [-0.3, -0.25) is 18.9 Å². The van der Waals surface area contributed by atoms with Crippen molar-refractivity contribution in [2.24, 2.45) is 5.92 Å². The summed E-state index contributed by atoms with van der Waals surface area (Å²) in [7, 11) is 0. The van der Waals surface area contributed by atoms with E-state index in [9.17, 15) is 9.69 Å². The molecule has 2 fully saturated rings. The molecule has 0 spiro atoms. The zero-order valence-electron chi connectivity index (χ0n) is 20.9. The number of thioether (sulfide) groups is 1. The number of anilines is 2. The number of rotatable bonds is 3. The van der Waals surface area contributed by atoms with Gasteiger partial charge in [-0.1, -0.05) is 5.21 Å². The second-order valence-electron chi connectivity index (χ2n) is 9.06.